The van der Waals surface area contributed by atoms with Crippen LogP contribution in [0.15, 0.2) is 53.4 Å². The number of benzene rings is 2. The number of rotatable bonds is 6. The van der Waals surface area contributed by atoms with Gasteiger partial charge in [0.15, 0.2) is 0 Å². The molecule has 1 amide bonds. The molecule has 1 heterocycles. The third-order valence-corrected chi connectivity index (χ3v) is 6.61. The molecule has 0 N–H and O–H groups in total. The van der Waals surface area contributed by atoms with E-state index < -0.39 is 4.92 Å². The summed E-state index contributed by atoms with van der Waals surface area (Å²) in [4.78, 5) is 30.3. The number of para-hydroxylation sites is 1. The van der Waals surface area contributed by atoms with E-state index in [4.69, 9.17) is 0 Å². The Labute approximate surface area is 165 Å². The van der Waals surface area contributed by atoms with Gasteiger partial charge in [-0.3, -0.25) is 14.9 Å². The minimum Gasteiger partial charge on any atom is -0.336 e. The SMILES string of the molecule is C[C@@H](Sc1ccc([N+](=O)[O-])cc1)C(=O)N(C)[C@@H](C)c1nc2ccccc2s1. The minimum atomic E-state index is -0.434. The molecule has 1 aromatic heterocycles. The number of nitro benzene ring substituents is 1. The molecule has 0 bridgehead atoms. The number of hydrogen-bond acceptors (Lipinski definition) is 6. The number of aromatic nitrogens is 1. The van der Waals surface area contributed by atoms with Gasteiger partial charge in [-0.1, -0.05) is 12.1 Å². The lowest BCUT2D eigenvalue weighted by molar-refractivity contribution is -0.384. The number of carbonyl (C=O) groups is 1. The lowest BCUT2D eigenvalue weighted by atomic mass is 10.3. The van der Waals surface area contributed by atoms with Crippen LogP contribution in [0.3, 0.4) is 0 Å². The van der Waals surface area contributed by atoms with Crippen LogP contribution < -0.4 is 0 Å². The Hall–Kier alpha value is -2.45. The summed E-state index contributed by atoms with van der Waals surface area (Å²) in [7, 11) is 1.78. The van der Waals surface area contributed by atoms with Gasteiger partial charge >= 0.3 is 0 Å². The zero-order valence-corrected chi connectivity index (χ0v) is 16.8. The quantitative estimate of drug-likeness (QED) is 0.333. The number of non-ortho nitro benzene ring substituents is 1. The van der Waals surface area contributed by atoms with E-state index in [1.165, 1.54) is 23.9 Å². The van der Waals surface area contributed by atoms with E-state index in [1.54, 1.807) is 35.4 Å². The maximum atomic E-state index is 12.8. The summed E-state index contributed by atoms with van der Waals surface area (Å²) in [5.74, 6) is -0.00916. The van der Waals surface area contributed by atoms with Crippen molar-refractivity contribution >= 4 is 44.9 Å². The first kappa shape index (κ1) is 19.3. The minimum absolute atomic E-state index is 0.00916. The topological polar surface area (TPSA) is 76.3 Å². The average Bonchev–Trinajstić information content (AvgIpc) is 3.10. The van der Waals surface area contributed by atoms with E-state index in [2.05, 4.69) is 4.98 Å². The summed E-state index contributed by atoms with van der Waals surface area (Å²) in [5.41, 5.74) is 0.985. The molecule has 0 aliphatic rings. The molecular weight excluding hydrogens is 382 g/mol. The maximum absolute atomic E-state index is 12.8. The maximum Gasteiger partial charge on any atom is 0.269 e. The second-order valence-corrected chi connectivity index (χ2v) is 8.63. The fourth-order valence-electron chi connectivity index (χ4n) is 2.61. The molecular formula is C19H19N3O3S2. The van der Waals surface area contributed by atoms with Crippen molar-refractivity contribution in [2.75, 3.05) is 7.05 Å². The second-order valence-electron chi connectivity index (χ2n) is 6.16. The normalized spacial score (nSPS) is 13.3. The predicted octanol–water partition coefficient (Wildman–Crippen LogP) is 4.90. The molecule has 0 aliphatic carbocycles. The molecule has 27 heavy (non-hydrogen) atoms. The number of thiazole rings is 1. The van der Waals surface area contributed by atoms with E-state index in [1.807, 2.05) is 38.1 Å². The summed E-state index contributed by atoms with van der Waals surface area (Å²) in [6.45, 7) is 3.81. The fourth-order valence-corrected chi connectivity index (χ4v) is 4.64. The molecule has 0 fully saturated rings. The second kappa shape index (κ2) is 8.06. The zero-order chi connectivity index (χ0) is 19.6. The number of hydrogen-bond donors (Lipinski definition) is 0. The van der Waals surface area contributed by atoms with Crippen LogP contribution in [-0.2, 0) is 4.79 Å². The van der Waals surface area contributed by atoms with Gasteiger partial charge in [0.05, 0.1) is 26.4 Å². The highest BCUT2D eigenvalue weighted by Gasteiger charge is 2.25. The van der Waals surface area contributed by atoms with Crippen molar-refractivity contribution in [1.82, 2.24) is 9.88 Å². The monoisotopic (exact) mass is 401 g/mol. The fraction of sp³-hybridized carbons (Fsp3) is 0.263. The van der Waals surface area contributed by atoms with Crippen LogP contribution in [0.5, 0.6) is 0 Å². The smallest absolute Gasteiger partial charge is 0.269 e. The Bertz CT molecular complexity index is 939. The summed E-state index contributed by atoms with van der Waals surface area (Å²) in [5, 5.41) is 11.3. The standard InChI is InChI=1S/C19H19N3O3S2/c1-12(18-20-16-6-4-5-7-17(16)27-18)21(3)19(23)13(2)26-15-10-8-14(9-11-15)22(24)25/h4-13H,1-3H3/t12-,13+/m0/s1. The molecule has 0 saturated heterocycles. The molecule has 0 radical (unpaired) electrons. The molecule has 3 rings (SSSR count). The van der Waals surface area contributed by atoms with Gasteiger partial charge < -0.3 is 4.90 Å². The number of thioether (sulfide) groups is 1. The third-order valence-electron chi connectivity index (χ3n) is 4.30. The summed E-state index contributed by atoms with van der Waals surface area (Å²) < 4.78 is 1.11. The highest BCUT2D eigenvalue weighted by atomic mass is 32.2. The number of fused-ring (bicyclic) bond motifs is 1. The van der Waals surface area contributed by atoms with Crippen molar-refractivity contribution in [2.45, 2.75) is 30.0 Å². The van der Waals surface area contributed by atoms with Crippen molar-refractivity contribution in [1.29, 1.82) is 0 Å². The summed E-state index contributed by atoms with van der Waals surface area (Å²) >= 11 is 2.98. The molecule has 6 nitrogen and oxygen atoms in total. The van der Waals surface area contributed by atoms with Gasteiger partial charge in [-0.2, -0.15) is 0 Å². The van der Waals surface area contributed by atoms with E-state index in [0.717, 1.165) is 20.1 Å². The first-order valence-corrected chi connectivity index (χ1v) is 10.1. The van der Waals surface area contributed by atoms with Crippen molar-refractivity contribution < 1.29 is 9.72 Å². The number of nitrogens with zero attached hydrogens (tertiary/aromatic N) is 3. The molecule has 0 spiro atoms. The van der Waals surface area contributed by atoms with Crippen molar-refractivity contribution in [3.05, 3.63) is 63.7 Å². The Kier molecular flexibility index (Phi) is 5.76. The third kappa shape index (κ3) is 4.28. The van der Waals surface area contributed by atoms with E-state index in [-0.39, 0.29) is 22.9 Å². The van der Waals surface area contributed by atoms with Crippen molar-refractivity contribution in [2.24, 2.45) is 0 Å². The van der Waals surface area contributed by atoms with Crippen LogP contribution in [0.1, 0.15) is 24.9 Å². The van der Waals surface area contributed by atoms with E-state index >= 15 is 0 Å². The Morgan fingerprint density at radius 3 is 2.48 bits per heavy atom. The van der Waals surface area contributed by atoms with Crippen LogP contribution in [-0.4, -0.2) is 33.0 Å². The molecule has 2 aromatic carbocycles. The molecule has 0 aliphatic heterocycles. The Morgan fingerprint density at radius 1 is 1.19 bits per heavy atom. The number of nitro groups is 1. The highest BCUT2D eigenvalue weighted by molar-refractivity contribution is 8.00. The molecule has 8 heteroatoms. The van der Waals surface area contributed by atoms with Gasteiger partial charge in [0, 0.05) is 24.1 Å². The average molecular weight is 402 g/mol. The van der Waals surface area contributed by atoms with Gasteiger partial charge in [0.2, 0.25) is 5.91 Å². The first-order chi connectivity index (χ1) is 12.9. The largest absolute Gasteiger partial charge is 0.336 e. The summed E-state index contributed by atoms with van der Waals surface area (Å²) in [6, 6.07) is 14.0. The Balaban J connectivity index is 1.68. The van der Waals surface area contributed by atoms with Gasteiger partial charge in [-0.15, -0.1) is 23.1 Å². The van der Waals surface area contributed by atoms with Gasteiger partial charge in [0.25, 0.3) is 5.69 Å². The van der Waals surface area contributed by atoms with Crippen molar-refractivity contribution in [3.63, 3.8) is 0 Å². The number of carbonyl (C=O) groups excluding carboxylic acids is 1. The molecule has 140 valence electrons. The molecule has 0 unspecified atom stereocenters. The van der Waals surface area contributed by atoms with Crippen LogP contribution >= 0.6 is 23.1 Å². The summed E-state index contributed by atoms with van der Waals surface area (Å²) in [6.07, 6.45) is 0. The molecule has 3 aromatic rings. The molecule has 0 saturated carbocycles. The highest BCUT2D eigenvalue weighted by Crippen LogP contribution is 2.31. The lowest BCUT2D eigenvalue weighted by Crippen LogP contribution is -2.35. The van der Waals surface area contributed by atoms with Gasteiger partial charge in [-0.05, 0) is 38.1 Å². The Morgan fingerprint density at radius 2 is 1.85 bits per heavy atom. The predicted molar refractivity (Wildman–Crippen MR) is 109 cm³/mol. The van der Waals surface area contributed by atoms with E-state index in [0.29, 0.717) is 0 Å². The van der Waals surface area contributed by atoms with Crippen LogP contribution in [0.4, 0.5) is 5.69 Å². The van der Waals surface area contributed by atoms with Crippen LogP contribution in [0.2, 0.25) is 0 Å². The van der Waals surface area contributed by atoms with Crippen LogP contribution in [0.25, 0.3) is 10.2 Å². The van der Waals surface area contributed by atoms with Gasteiger partial charge in [-0.25, -0.2) is 4.98 Å². The first-order valence-electron chi connectivity index (χ1n) is 8.40. The lowest BCUT2D eigenvalue weighted by Gasteiger charge is -2.26. The van der Waals surface area contributed by atoms with Crippen LogP contribution in [0, 0.1) is 10.1 Å². The van der Waals surface area contributed by atoms with Gasteiger partial charge in [0.1, 0.15) is 5.01 Å². The molecule has 2 atom stereocenters. The number of amides is 1. The van der Waals surface area contributed by atoms with Crippen molar-refractivity contribution in [3.8, 4) is 0 Å². The van der Waals surface area contributed by atoms with E-state index in [9.17, 15) is 14.9 Å². The zero-order valence-electron chi connectivity index (χ0n) is 15.2.